The van der Waals surface area contributed by atoms with Gasteiger partial charge in [-0.1, -0.05) is 108 Å². The zero-order valence-corrected chi connectivity index (χ0v) is 20.7. The summed E-state index contributed by atoms with van der Waals surface area (Å²) in [6.07, 6.45) is 15.6. The van der Waals surface area contributed by atoms with Crippen molar-refractivity contribution in [1.82, 2.24) is 0 Å². The molecule has 0 aliphatic carbocycles. The average molecular weight is 439 g/mol. The predicted molar refractivity (Wildman–Crippen MR) is 126 cm³/mol. The van der Waals surface area contributed by atoms with Crippen LogP contribution in [0.1, 0.15) is 102 Å². The molecule has 0 fully saturated rings. The third kappa shape index (κ3) is 9.30. The number of fused-ring (bicyclic) bond motifs is 1. The first kappa shape index (κ1) is 28.2. The molecule has 0 saturated heterocycles. The van der Waals surface area contributed by atoms with Crippen LogP contribution >= 0.6 is 0 Å². The maximum absolute atomic E-state index is 12.3. The number of hydrogen-bond donors (Lipinski definition) is 0. The Morgan fingerprint density at radius 3 is 1.84 bits per heavy atom. The van der Waals surface area contributed by atoms with Crippen LogP contribution in [-0.2, 0) is 23.0 Å². The molecule has 0 aliphatic rings. The van der Waals surface area contributed by atoms with Crippen molar-refractivity contribution in [3.8, 4) is 0 Å². The van der Waals surface area contributed by atoms with Gasteiger partial charge in [0.25, 0.3) is 0 Å². The molecule has 0 radical (unpaired) electrons. The first-order valence-electron chi connectivity index (χ1n) is 12.0. The Balaban J connectivity index is 0.00000480. The van der Waals surface area contributed by atoms with E-state index in [1.807, 2.05) is 18.2 Å². The summed E-state index contributed by atoms with van der Waals surface area (Å²) in [6, 6.07) is 9.55. The van der Waals surface area contributed by atoms with Gasteiger partial charge in [-0.05, 0) is 47.6 Å². The number of benzene rings is 2. The van der Waals surface area contributed by atoms with Crippen molar-refractivity contribution in [1.29, 1.82) is 0 Å². The van der Waals surface area contributed by atoms with Crippen LogP contribution in [0.4, 0.5) is 0 Å². The van der Waals surface area contributed by atoms with Gasteiger partial charge in [-0.2, -0.15) is 0 Å². The number of aryl methyl sites for hydroxylation is 1. The summed E-state index contributed by atoms with van der Waals surface area (Å²) >= 11 is 0. The molecule has 0 spiro atoms. The second-order valence-electron chi connectivity index (χ2n) is 8.55. The third-order valence-corrected chi connectivity index (χ3v) is 6.99. The fourth-order valence-electron chi connectivity index (χ4n) is 4.37. The summed E-state index contributed by atoms with van der Waals surface area (Å²) in [4.78, 5) is 0.0372. The largest absolute Gasteiger partial charge is 1.00 e. The van der Waals surface area contributed by atoms with Gasteiger partial charge in [0.2, 0.25) is 0 Å². The zero-order valence-electron chi connectivity index (χ0n) is 19.9. The first-order valence-corrected chi connectivity index (χ1v) is 13.4. The molecule has 0 bridgehead atoms. The monoisotopic (exact) mass is 438 g/mol. The van der Waals surface area contributed by atoms with Crippen molar-refractivity contribution < 1.29 is 31.8 Å². The maximum atomic E-state index is 12.3. The SMILES string of the molecule is CCCCCCCCc1cc2ccccc2c(S(=O)(=O)[O-])c1CCCCCCCC.[Li+]. The quantitative estimate of drug-likeness (QED) is 0.233. The van der Waals surface area contributed by atoms with Crippen LogP contribution in [0.3, 0.4) is 0 Å². The number of rotatable bonds is 15. The summed E-state index contributed by atoms with van der Waals surface area (Å²) in [6.45, 7) is 4.42. The molecule has 31 heavy (non-hydrogen) atoms. The smallest absolute Gasteiger partial charge is 0.744 e. The zero-order chi connectivity index (χ0) is 21.8. The molecule has 3 nitrogen and oxygen atoms in total. The van der Waals surface area contributed by atoms with Gasteiger partial charge >= 0.3 is 18.9 Å². The van der Waals surface area contributed by atoms with E-state index < -0.39 is 10.1 Å². The van der Waals surface area contributed by atoms with Crippen molar-refractivity contribution >= 4 is 20.9 Å². The molecule has 2 aromatic carbocycles. The molecule has 0 unspecified atom stereocenters. The van der Waals surface area contributed by atoms with E-state index in [2.05, 4.69) is 19.9 Å². The van der Waals surface area contributed by atoms with Crippen LogP contribution in [0.2, 0.25) is 0 Å². The first-order chi connectivity index (χ1) is 14.5. The minimum atomic E-state index is -4.53. The van der Waals surface area contributed by atoms with Crippen molar-refractivity contribution in [2.24, 2.45) is 0 Å². The fourth-order valence-corrected chi connectivity index (χ4v) is 5.36. The Hall–Kier alpha value is -0.793. The van der Waals surface area contributed by atoms with Gasteiger partial charge in [0.05, 0.1) is 4.90 Å². The minimum Gasteiger partial charge on any atom is -0.744 e. The van der Waals surface area contributed by atoms with E-state index >= 15 is 0 Å². The molecule has 2 aromatic rings. The molecular formula is C26H39LiO3S. The van der Waals surface area contributed by atoms with Gasteiger partial charge in [-0.25, -0.2) is 8.42 Å². The molecule has 0 aliphatic heterocycles. The van der Waals surface area contributed by atoms with E-state index in [0.717, 1.165) is 48.6 Å². The molecule has 0 saturated carbocycles. The molecule has 0 aromatic heterocycles. The van der Waals surface area contributed by atoms with E-state index in [0.29, 0.717) is 11.8 Å². The van der Waals surface area contributed by atoms with Gasteiger partial charge in [0, 0.05) is 0 Å². The summed E-state index contributed by atoms with van der Waals surface area (Å²) in [5.74, 6) is 0. The maximum Gasteiger partial charge on any atom is 1.00 e. The summed E-state index contributed by atoms with van der Waals surface area (Å²) < 4.78 is 36.9. The van der Waals surface area contributed by atoms with Crippen molar-refractivity contribution in [3.63, 3.8) is 0 Å². The fraction of sp³-hybridized carbons (Fsp3) is 0.615. The molecular weight excluding hydrogens is 399 g/mol. The van der Waals surface area contributed by atoms with E-state index in [9.17, 15) is 13.0 Å². The van der Waals surface area contributed by atoms with E-state index in [1.54, 1.807) is 6.07 Å². The molecule has 2 rings (SSSR count). The Morgan fingerprint density at radius 2 is 1.26 bits per heavy atom. The molecule has 0 amide bonds. The Kier molecular flexibility index (Phi) is 13.8. The van der Waals surface area contributed by atoms with Crippen LogP contribution in [-0.4, -0.2) is 13.0 Å². The summed E-state index contributed by atoms with van der Waals surface area (Å²) in [5, 5.41) is 1.44. The standard InChI is InChI=1S/C26H40O3S.Li/c1-3-5-7-9-11-13-17-22-21-23-18-15-16-20-25(23)26(30(27,28)29)24(22)19-14-12-10-8-6-4-2;/h15-16,18,20-21H,3-14,17,19H2,1-2H3,(H,27,28,29);/q;+1/p-1. The van der Waals surface area contributed by atoms with E-state index in [-0.39, 0.29) is 23.8 Å². The Bertz CT molecular complexity index is 878. The number of hydrogen-bond acceptors (Lipinski definition) is 3. The van der Waals surface area contributed by atoms with Crippen LogP contribution in [0.5, 0.6) is 0 Å². The predicted octanol–water partition coefficient (Wildman–Crippen LogP) is 4.55. The van der Waals surface area contributed by atoms with E-state index in [4.69, 9.17) is 0 Å². The van der Waals surface area contributed by atoms with Crippen molar-refractivity contribution in [2.75, 3.05) is 0 Å². The second-order valence-corrected chi connectivity index (χ2v) is 9.87. The van der Waals surface area contributed by atoms with Crippen LogP contribution < -0.4 is 18.9 Å². The van der Waals surface area contributed by atoms with Crippen LogP contribution in [0.15, 0.2) is 35.2 Å². The second kappa shape index (κ2) is 15.1. The van der Waals surface area contributed by atoms with E-state index in [1.165, 1.54) is 51.4 Å². The Morgan fingerprint density at radius 1 is 0.742 bits per heavy atom. The summed E-state index contributed by atoms with van der Waals surface area (Å²) in [7, 11) is -4.53. The average Bonchev–Trinajstić information content (AvgIpc) is 2.72. The van der Waals surface area contributed by atoms with Gasteiger partial charge in [-0.15, -0.1) is 0 Å². The van der Waals surface area contributed by atoms with Gasteiger partial charge in [0.15, 0.2) is 0 Å². The molecule has 0 N–H and O–H groups in total. The number of unbranched alkanes of at least 4 members (excludes halogenated alkanes) is 10. The van der Waals surface area contributed by atoms with Gasteiger partial charge in [-0.3, -0.25) is 0 Å². The van der Waals surface area contributed by atoms with Crippen molar-refractivity contribution in [3.05, 3.63) is 41.5 Å². The minimum absolute atomic E-state index is 0. The molecule has 0 heterocycles. The molecule has 0 atom stereocenters. The van der Waals surface area contributed by atoms with Gasteiger partial charge in [0.1, 0.15) is 10.1 Å². The van der Waals surface area contributed by atoms with Crippen molar-refractivity contribution in [2.45, 2.75) is 109 Å². The molecule has 168 valence electrons. The normalized spacial score (nSPS) is 11.6. The molecule has 5 heteroatoms. The topological polar surface area (TPSA) is 57.2 Å². The summed E-state index contributed by atoms with van der Waals surface area (Å²) in [5.41, 5.74) is 1.85. The third-order valence-electron chi connectivity index (χ3n) is 6.03. The van der Waals surface area contributed by atoms with Crippen LogP contribution in [0, 0.1) is 0 Å². The van der Waals surface area contributed by atoms with Gasteiger partial charge < -0.3 is 4.55 Å². The Labute approximate surface area is 202 Å². The van der Waals surface area contributed by atoms with Crippen LogP contribution in [0.25, 0.3) is 10.8 Å².